The molecule has 1 aromatic heterocycles. The number of amides is 1. The van der Waals surface area contributed by atoms with Crippen LogP contribution in [-0.4, -0.2) is 18.0 Å². The summed E-state index contributed by atoms with van der Waals surface area (Å²) in [7, 11) is 0. The number of hydrogen-bond acceptors (Lipinski definition) is 4. The molecule has 0 fully saturated rings. The molecule has 6 heteroatoms. The van der Waals surface area contributed by atoms with Crippen molar-refractivity contribution in [3.63, 3.8) is 0 Å². The van der Waals surface area contributed by atoms with Crippen LogP contribution in [0.15, 0.2) is 41.1 Å². The maximum absolute atomic E-state index is 13.0. The Morgan fingerprint density at radius 1 is 1.35 bits per heavy atom. The van der Waals surface area contributed by atoms with Crippen molar-refractivity contribution in [2.75, 3.05) is 5.32 Å². The molecule has 4 nitrogen and oxygen atoms in total. The molecule has 0 saturated carbocycles. The summed E-state index contributed by atoms with van der Waals surface area (Å²) >= 11 is 1.36. The maximum Gasteiger partial charge on any atom is 0.339 e. The monoisotopic (exact) mass is 293 g/mol. The lowest BCUT2D eigenvalue weighted by Gasteiger charge is -2.13. The zero-order valence-corrected chi connectivity index (χ0v) is 11.4. The molecule has 0 aliphatic rings. The van der Waals surface area contributed by atoms with Crippen molar-refractivity contribution >= 4 is 28.9 Å². The van der Waals surface area contributed by atoms with E-state index in [1.807, 2.05) is 0 Å². The number of benzene rings is 1. The number of carbonyl (C=O) groups is 2. The van der Waals surface area contributed by atoms with E-state index in [4.69, 9.17) is 4.74 Å². The van der Waals surface area contributed by atoms with E-state index in [-0.39, 0.29) is 0 Å². The van der Waals surface area contributed by atoms with Crippen molar-refractivity contribution in [1.82, 2.24) is 0 Å². The SMILES string of the molecule is C[C@@H](OC(=O)c1ccsc1)C(=O)Nc1cccc(F)c1. The molecule has 0 unspecified atom stereocenters. The summed E-state index contributed by atoms with van der Waals surface area (Å²) in [6.45, 7) is 1.46. The van der Waals surface area contributed by atoms with Gasteiger partial charge in [0.2, 0.25) is 0 Å². The minimum atomic E-state index is -0.967. The van der Waals surface area contributed by atoms with E-state index in [2.05, 4.69) is 5.32 Å². The van der Waals surface area contributed by atoms with E-state index in [1.165, 1.54) is 36.5 Å². The number of hydrogen-bond donors (Lipinski definition) is 1. The number of halogens is 1. The molecule has 1 atom stereocenters. The van der Waals surface area contributed by atoms with E-state index in [0.29, 0.717) is 11.3 Å². The Kier molecular flexibility index (Phi) is 4.47. The van der Waals surface area contributed by atoms with Gasteiger partial charge in [0.1, 0.15) is 5.82 Å². The Hall–Kier alpha value is -2.21. The highest BCUT2D eigenvalue weighted by Crippen LogP contribution is 2.12. The summed E-state index contributed by atoms with van der Waals surface area (Å²) in [5.41, 5.74) is 0.717. The van der Waals surface area contributed by atoms with Gasteiger partial charge in [-0.2, -0.15) is 11.3 Å². The highest BCUT2D eigenvalue weighted by molar-refractivity contribution is 7.08. The molecule has 1 aromatic carbocycles. The summed E-state index contributed by atoms with van der Waals surface area (Å²) in [6, 6.07) is 7.10. The van der Waals surface area contributed by atoms with Crippen LogP contribution in [0, 0.1) is 5.82 Å². The molecule has 20 heavy (non-hydrogen) atoms. The number of thiophene rings is 1. The Morgan fingerprint density at radius 3 is 2.80 bits per heavy atom. The summed E-state index contributed by atoms with van der Waals surface area (Å²) in [4.78, 5) is 23.5. The molecule has 2 rings (SSSR count). The van der Waals surface area contributed by atoms with Crippen LogP contribution < -0.4 is 5.32 Å². The third-order valence-corrected chi connectivity index (χ3v) is 3.19. The summed E-state index contributed by atoms with van der Waals surface area (Å²) in [5.74, 6) is -1.53. The number of ether oxygens (including phenoxy) is 1. The molecule has 1 N–H and O–H groups in total. The Bertz CT molecular complexity index is 613. The fourth-order valence-corrected chi connectivity index (χ4v) is 2.10. The first-order valence-electron chi connectivity index (χ1n) is 5.86. The normalized spacial score (nSPS) is 11.7. The first kappa shape index (κ1) is 14.2. The third kappa shape index (κ3) is 3.64. The van der Waals surface area contributed by atoms with Crippen molar-refractivity contribution in [1.29, 1.82) is 0 Å². The van der Waals surface area contributed by atoms with E-state index in [9.17, 15) is 14.0 Å². The third-order valence-electron chi connectivity index (χ3n) is 2.50. The van der Waals surface area contributed by atoms with Crippen LogP contribution in [0.5, 0.6) is 0 Å². The Balaban J connectivity index is 1.94. The van der Waals surface area contributed by atoms with Crippen LogP contribution >= 0.6 is 11.3 Å². The largest absolute Gasteiger partial charge is 0.449 e. The minimum absolute atomic E-state index is 0.313. The number of nitrogens with one attached hydrogen (secondary N) is 1. The van der Waals surface area contributed by atoms with E-state index >= 15 is 0 Å². The molecule has 0 aliphatic heterocycles. The van der Waals surface area contributed by atoms with Gasteiger partial charge in [-0.15, -0.1) is 0 Å². The first-order chi connectivity index (χ1) is 9.56. The van der Waals surface area contributed by atoms with Gasteiger partial charge in [-0.1, -0.05) is 6.07 Å². The fourth-order valence-electron chi connectivity index (χ4n) is 1.47. The molecular weight excluding hydrogens is 281 g/mol. The average molecular weight is 293 g/mol. The van der Waals surface area contributed by atoms with Crippen molar-refractivity contribution < 1.29 is 18.7 Å². The van der Waals surface area contributed by atoms with Crippen molar-refractivity contribution in [3.05, 3.63) is 52.5 Å². The molecule has 0 spiro atoms. The van der Waals surface area contributed by atoms with Crippen LogP contribution in [0.4, 0.5) is 10.1 Å². The van der Waals surface area contributed by atoms with Gasteiger partial charge >= 0.3 is 5.97 Å². The number of anilines is 1. The van der Waals surface area contributed by atoms with Gasteiger partial charge in [0.15, 0.2) is 6.10 Å². The Morgan fingerprint density at radius 2 is 2.15 bits per heavy atom. The molecule has 2 aromatic rings. The molecule has 1 heterocycles. The summed E-state index contributed by atoms with van der Waals surface area (Å²) in [6.07, 6.45) is -0.967. The number of esters is 1. The van der Waals surface area contributed by atoms with E-state index in [0.717, 1.165) is 0 Å². The lowest BCUT2D eigenvalue weighted by Crippen LogP contribution is -2.29. The lowest BCUT2D eigenvalue weighted by molar-refractivity contribution is -0.123. The lowest BCUT2D eigenvalue weighted by atomic mass is 10.3. The molecule has 104 valence electrons. The molecular formula is C14H12FNO3S. The zero-order valence-electron chi connectivity index (χ0n) is 10.6. The first-order valence-corrected chi connectivity index (χ1v) is 6.80. The number of carbonyl (C=O) groups excluding carboxylic acids is 2. The van der Waals surface area contributed by atoms with Gasteiger partial charge in [-0.05, 0) is 36.6 Å². The predicted molar refractivity (Wildman–Crippen MR) is 74.2 cm³/mol. The van der Waals surface area contributed by atoms with Crippen LogP contribution in [0.25, 0.3) is 0 Å². The molecule has 1 amide bonds. The highest BCUT2D eigenvalue weighted by atomic mass is 32.1. The molecule has 0 bridgehead atoms. The van der Waals surface area contributed by atoms with Crippen LogP contribution in [0.1, 0.15) is 17.3 Å². The van der Waals surface area contributed by atoms with Gasteiger partial charge in [-0.3, -0.25) is 4.79 Å². The highest BCUT2D eigenvalue weighted by Gasteiger charge is 2.19. The van der Waals surface area contributed by atoms with Crippen LogP contribution in [-0.2, 0) is 9.53 Å². The van der Waals surface area contributed by atoms with Gasteiger partial charge in [0.25, 0.3) is 5.91 Å². The van der Waals surface area contributed by atoms with Crippen molar-refractivity contribution in [2.24, 2.45) is 0 Å². The maximum atomic E-state index is 13.0. The smallest absolute Gasteiger partial charge is 0.339 e. The quantitative estimate of drug-likeness (QED) is 0.881. The topological polar surface area (TPSA) is 55.4 Å². The predicted octanol–water partition coefficient (Wildman–Crippen LogP) is 3.07. The van der Waals surface area contributed by atoms with Gasteiger partial charge in [-0.25, -0.2) is 9.18 Å². The van der Waals surface area contributed by atoms with Gasteiger partial charge < -0.3 is 10.1 Å². The van der Waals surface area contributed by atoms with Crippen LogP contribution in [0.2, 0.25) is 0 Å². The number of rotatable bonds is 4. The van der Waals surface area contributed by atoms with Gasteiger partial charge in [0.05, 0.1) is 5.56 Å². The second-order valence-corrected chi connectivity index (χ2v) is 4.84. The van der Waals surface area contributed by atoms with E-state index in [1.54, 1.807) is 22.9 Å². The summed E-state index contributed by atoms with van der Waals surface area (Å²) in [5, 5.41) is 5.86. The minimum Gasteiger partial charge on any atom is -0.449 e. The van der Waals surface area contributed by atoms with Gasteiger partial charge in [0, 0.05) is 11.1 Å². The standard InChI is InChI=1S/C14H12FNO3S/c1-9(19-14(18)10-5-6-20-8-10)13(17)16-12-4-2-3-11(15)7-12/h2-9H,1H3,(H,16,17)/t9-/m1/s1. The second kappa shape index (κ2) is 6.29. The average Bonchev–Trinajstić information content (AvgIpc) is 2.92. The summed E-state index contributed by atoms with van der Waals surface area (Å²) < 4.78 is 18.0. The van der Waals surface area contributed by atoms with Crippen molar-refractivity contribution in [3.8, 4) is 0 Å². The molecule has 0 radical (unpaired) electrons. The van der Waals surface area contributed by atoms with E-state index < -0.39 is 23.8 Å². The van der Waals surface area contributed by atoms with Crippen molar-refractivity contribution in [2.45, 2.75) is 13.0 Å². The Labute approximate surface area is 119 Å². The fraction of sp³-hybridized carbons (Fsp3) is 0.143. The molecule has 0 aliphatic carbocycles. The zero-order chi connectivity index (χ0) is 14.5. The van der Waals surface area contributed by atoms with Crippen LogP contribution in [0.3, 0.4) is 0 Å². The second-order valence-electron chi connectivity index (χ2n) is 4.06. The molecule has 0 saturated heterocycles.